The van der Waals surface area contributed by atoms with E-state index in [4.69, 9.17) is 46.4 Å². The lowest BCUT2D eigenvalue weighted by molar-refractivity contribution is 0.0995. The van der Waals surface area contributed by atoms with Crippen molar-refractivity contribution >= 4 is 52.2 Å². The van der Waals surface area contributed by atoms with E-state index in [-0.39, 0.29) is 37.9 Å². The number of hydrogen-bond donors (Lipinski definition) is 0. The van der Waals surface area contributed by atoms with Gasteiger partial charge in [0.1, 0.15) is 0 Å². The van der Waals surface area contributed by atoms with E-state index in [0.29, 0.717) is 0 Å². The van der Waals surface area contributed by atoms with Gasteiger partial charge in [0.25, 0.3) is 0 Å². The Morgan fingerprint density at radius 1 is 1.14 bits per heavy atom. The van der Waals surface area contributed by atoms with Gasteiger partial charge in [0, 0.05) is 6.42 Å². The second-order valence-corrected chi connectivity index (χ2v) is 4.09. The molecular weight excluding hydrogens is 266 g/mol. The predicted molar refractivity (Wildman–Crippen MR) is 60.8 cm³/mol. The highest BCUT2D eigenvalue weighted by atomic mass is 35.5. The lowest BCUT2D eigenvalue weighted by Crippen LogP contribution is -2.00. The normalized spacial score (nSPS) is 10.4. The highest BCUT2D eigenvalue weighted by Gasteiger charge is 2.18. The van der Waals surface area contributed by atoms with E-state index in [1.54, 1.807) is 0 Å². The van der Waals surface area contributed by atoms with Gasteiger partial charge >= 0.3 is 0 Å². The summed E-state index contributed by atoms with van der Waals surface area (Å²) >= 11 is 23.1. The van der Waals surface area contributed by atoms with Crippen molar-refractivity contribution in [2.24, 2.45) is 0 Å². The smallest absolute Gasteiger partial charge is 0.165 e. The molecule has 0 aliphatic carbocycles. The molecule has 0 spiro atoms. The van der Waals surface area contributed by atoms with Gasteiger partial charge in [0.05, 0.1) is 25.7 Å². The Hall–Kier alpha value is 0.0500. The number of rotatable bonds is 2. The second kappa shape index (κ2) is 4.71. The van der Waals surface area contributed by atoms with Crippen LogP contribution in [0.4, 0.5) is 0 Å². The fourth-order valence-corrected chi connectivity index (χ4v) is 1.96. The average Bonchev–Trinajstić information content (AvgIpc) is 2.15. The van der Waals surface area contributed by atoms with Crippen LogP contribution in [-0.2, 0) is 0 Å². The zero-order valence-corrected chi connectivity index (χ0v) is 9.94. The maximum atomic E-state index is 11.4. The summed E-state index contributed by atoms with van der Waals surface area (Å²) in [5.74, 6) is -0.288. The fourth-order valence-electron chi connectivity index (χ4n) is 0.943. The number of benzene rings is 1. The number of carbonyl (C=O) groups excluding carboxylic acids is 1. The maximum absolute atomic E-state index is 11.4. The summed E-state index contributed by atoms with van der Waals surface area (Å²) in [4.78, 5) is 11.4. The summed E-state index contributed by atoms with van der Waals surface area (Å²) in [6.45, 7) is 3.45. The van der Waals surface area contributed by atoms with Crippen molar-refractivity contribution in [2.75, 3.05) is 0 Å². The molecule has 1 aromatic rings. The molecule has 0 atom stereocenters. The van der Waals surface area contributed by atoms with Crippen molar-refractivity contribution in [1.82, 2.24) is 0 Å². The van der Waals surface area contributed by atoms with E-state index >= 15 is 0 Å². The summed E-state index contributed by atoms with van der Waals surface area (Å²) in [5.41, 5.74) is 0.140. The Labute approximate surface area is 102 Å². The first-order valence-electron chi connectivity index (χ1n) is 3.64. The van der Waals surface area contributed by atoms with E-state index < -0.39 is 0 Å². The van der Waals surface area contributed by atoms with E-state index in [2.05, 4.69) is 6.92 Å². The molecule has 75 valence electrons. The van der Waals surface area contributed by atoms with Crippen LogP contribution in [0.3, 0.4) is 0 Å². The highest BCUT2D eigenvalue weighted by Crippen LogP contribution is 2.37. The van der Waals surface area contributed by atoms with Crippen molar-refractivity contribution in [3.8, 4) is 0 Å². The van der Waals surface area contributed by atoms with E-state index in [9.17, 15) is 4.79 Å². The maximum Gasteiger partial charge on any atom is 0.165 e. The molecule has 1 rings (SSSR count). The number of hydrogen-bond acceptors (Lipinski definition) is 1. The van der Waals surface area contributed by atoms with E-state index in [1.165, 1.54) is 6.07 Å². The summed E-state index contributed by atoms with van der Waals surface area (Å²) < 4.78 is 0. The van der Waals surface area contributed by atoms with Gasteiger partial charge in [-0.3, -0.25) is 4.79 Å². The Kier molecular flexibility index (Phi) is 4.08. The first kappa shape index (κ1) is 12.1. The third-order valence-electron chi connectivity index (χ3n) is 1.62. The first-order valence-corrected chi connectivity index (χ1v) is 5.15. The SMILES string of the molecule is [CH2]CC(=O)c1c(Cl)c(Cl)cc(Cl)c1Cl. The molecule has 0 saturated carbocycles. The van der Waals surface area contributed by atoms with E-state index in [0.717, 1.165) is 0 Å². The van der Waals surface area contributed by atoms with Crippen LogP contribution in [0.2, 0.25) is 20.1 Å². The molecule has 0 unspecified atom stereocenters. The monoisotopic (exact) mass is 269 g/mol. The number of ketones is 1. The summed E-state index contributed by atoms with van der Waals surface area (Å²) in [6, 6.07) is 1.40. The Balaban J connectivity index is 3.47. The van der Waals surface area contributed by atoms with Crippen molar-refractivity contribution in [3.05, 3.63) is 38.6 Å². The van der Waals surface area contributed by atoms with E-state index in [1.807, 2.05) is 0 Å². The van der Waals surface area contributed by atoms with Gasteiger partial charge < -0.3 is 0 Å². The predicted octanol–water partition coefficient (Wildman–Crippen LogP) is 4.71. The van der Waals surface area contributed by atoms with Gasteiger partial charge in [0.15, 0.2) is 5.78 Å². The molecule has 0 amide bonds. The molecule has 5 heteroatoms. The molecule has 0 aliphatic rings. The second-order valence-electron chi connectivity index (χ2n) is 2.52. The third-order valence-corrected chi connectivity index (χ3v) is 3.19. The summed E-state index contributed by atoms with van der Waals surface area (Å²) in [5, 5.41) is 0.653. The van der Waals surface area contributed by atoms with Crippen molar-refractivity contribution < 1.29 is 4.79 Å². The van der Waals surface area contributed by atoms with Gasteiger partial charge in [0.2, 0.25) is 0 Å². The first-order chi connectivity index (χ1) is 6.49. The molecule has 0 aromatic heterocycles. The number of Topliss-reactive ketones (excluding diaryl/α,β-unsaturated/α-hetero) is 1. The van der Waals surface area contributed by atoms with Crippen LogP contribution in [0, 0.1) is 6.92 Å². The van der Waals surface area contributed by atoms with Crippen LogP contribution in [0.15, 0.2) is 6.07 Å². The molecule has 0 N–H and O–H groups in total. The van der Waals surface area contributed by atoms with Gasteiger partial charge in [-0.05, 0) is 13.0 Å². The lowest BCUT2D eigenvalue weighted by atomic mass is 10.1. The van der Waals surface area contributed by atoms with Gasteiger partial charge in [-0.2, -0.15) is 0 Å². The molecule has 0 bridgehead atoms. The van der Waals surface area contributed by atoms with Gasteiger partial charge in [-0.25, -0.2) is 0 Å². The minimum atomic E-state index is -0.288. The number of carbonyl (C=O) groups is 1. The van der Waals surface area contributed by atoms with Crippen molar-refractivity contribution in [2.45, 2.75) is 6.42 Å². The molecule has 1 nitrogen and oxygen atoms in total. The van der Waals surface area contributed by atoms with Crippen molar-refractivity contribution in [3.63, 3.8) is 0 Å². The van der Waals surface area contributed by atoms with Crippen LogP contribution in [0.25, 0.3) is 0 Å². The molecule has 1 aromatic carbocycles. The summed E-state index contributed by atoms with van der Waals surface area (Å²) in [6.07, 6.45) is 0.0517. The Morgan fingerprint density at radius 2 is 1.57 bits per heavy atom. The Bertz CT molecular complexity index is 361. The molecule has 1 radical (unpaired) electrons. The third kappa shape index (κ3) is 2.17. The highest BCUT2D eigenvalue weighted by molar-refractivity contribution is 6.50. The quantitative estimate of drug-likeness (QED) is 0.562. The zero-order chi connectivity index (χ0) is 10.9. The van der Waals surface area contributed by atoms with Gasteiger partial charge in [-0.15, -0.1) is 0 Å². The minimum Gasteiger partial charge on any atom is -0.294 e. The topological polar surface area (TPSA) is 17.1 Å². The molecule has 14 heavy (non-hydrogen) atoms. The van der Waals surface area contributed by atoms with Crippen LogP contribution in [-0.4, -0.2) is 5.78 Å². The molecule has 0 fully saturated rings. The minimum absolute atomic E-state index is 0.0517. The number of halogens is 4. The average molecular weight is 271 g/mol. The Morgan fingerprint density at radius 3 is 1.93 bits per heavy atom. The van der Waals surface area contributed by atoms with Gasteiger partial charge in [-0.1, -0.05) is 46.4 Å². The van der Waals surface area contributed by atoms with Crippen molar-refractivity contribution in [1.29, 1.82) is 0 Å². The van der Waals surface area contributed by atoms with Crippen LogP contribution < -0.4 is 0 Å². The van der Waals surface area contributed by atoms with Crippen LogP contribution >= 0.6 is 46.4 Å². The largest absolute Gasteiger partial charge is 0.294 e. The van der Waals surface area contributed by atoms with Crippen LogP contribution in [0.1, 0.15) is 16.8 Å². The molecule has 0 aliphatic heterocycles. The molecular formula is C9H5Cl4O. The standard InChI is InChI=1S/C9H5Cl4O/c1-2-6(14)7-8(12)4(10)3-5(11)9(7)13/h3H,1-2H2. The summed E-state index contributed by atoms with van der Waals surface area (Å²) in [7, 11) is 0. The van der Waals surface area contributed by atoms with Crippen LogP contribution in [0.5, 0.6) is 0 Å². The fraction of sp³-hybridized carbons (Fsp3) is 0.111. The molecule has 0 saturated heterocycles. The lowest BCUT2D eigenvalue weighted by Gasteiger charge is -2.07. The molecule has 0 heterocycles. The zero-order valence-electron chi connectivity index (χ0n) is 6.91.